The Kier molecular flexibility index (Phi) is 5.26. The molecule has 0 amide bonds. The predicted octanol–water partition coefficient (Wildman–Crippen LogP) is 6.55. The van der Waals surface area contributed by atoms with Crippen molar-refractivity contribution in [3.8, 4) is 28.0 Å². The van der Waals surface area contributed by atoms with Gasteiger partial charge in [-0.25, -0.2) is 0 Å². The molecule has 0 saturated carbocycles. The Hall–Kier alpha value is -1.08. The Balaban J connectivity index is 2.10. The van der Waals surface area contributed by atoms with Gasteiger partial charge in [0.2, 0.25) is 0 Å². The van der Waals surface area contributed by atoms with E-state index in [9.17, 15) is 0 Å². The van der Waals surface area contributed by atoms with E-state index in [0.717, 1.165) is 5.75 Å². The van der Waals surface area contributed by atoms with Crippen molar-refractivity contribution < 1.29 is 4.74 Å². The maximum atomic E-state index is 5.26. The third-order valence-corrected chi connectivity index (χ3v) is 6.86. The summed E-state index contributed by atoms with van der Waals surface area (Å²) in [7, 11) is 1.69. The Morgan fingerprint density at radius 2 is 1.35 bits per heavy atom. The van der Waals surface area contributed by atoms with Gasteiger partial charge in [0, 0.05) is 7.14 Å². The molecule has 0 saturated heterocycles. The Labute approximate surface area is 164 Å². The zero-order chi connectivity index (χ0) is 16.4. The van der Waals surface area contributed by atoms with E-state index in [1.165, 1.54) is 35.0 Å². The van der Waals surface area contributed by atoms with Crippen molar-refractivity contribution in [2.75, 3.05) is 7.11 Å². The summed E-state index contributed by atoms with van der Waals surface area (Å²) in [4.78, 5) is 0. The topological polar surface area (TPSA) is 9.23 Å². The molecule has 0 aromatic heterocycles. The molecule has 0 N–H and O–H groups in total. The van der Waals surface area contributed by atoms with Crippen LogP contribution < -0.4 is 4.74 Å². The third-order valence-electron chi connectivity index (χ3n) is 3.81. The minimum Gasteiger partial charge on any atom is -0.497 e. The van der Waals surface area contributed by atoms with E-state index in [1.54, 1.807) is 7.11 Å². The number of rotatable bonds is 3. The van der Waals surface area contributed by atoms with Crippen LogP contribution in [0.3, 0.4) is 0 Å². The van der Waals surface area contributed by atoms with Crippen LogP contribution >= 0.6 is 45.2 Å². The average Bonchev–Trinajstić information content (AvgIpc) is 2.58. The standard InChI is InChI=1S/C20H16I2O/c1-13-3-5-14(6-4-13)16-11-18(20(22)19(21)12-16)15-7-9-17(23-2)10-8-15/h3-12H,1-2H3. The van der Waals surface area contributed by atoms with Crippen LogP contribution in [0.15, 0.2) is 60.7 Å². The van der Waals surface area contributed by atoms with E-state index in [2.05, 4.69) is 101 Å². The summed E-state index contributed by atoms with van der Waals surface area (Å²) in [5, 5.41) is 0. The van der Waals surface area contributed by atoms with Gasteiger partial charge in [0.15, 0.2) is 0 Å². The van der Waals surface area contributed by atoms with Crippen molar-refractivity contribution in [1.29, 1.82) is 0 Å². The van der Waals surface area contributed by atoms with E-state index < -0.39 is 0 Å². The van der Waals surface area contributed by atoms with Crippen molar-refractivity contribution in [2.45, 2.75) is 6.92 Å². The van der Waals surface area contributed by atoms with Crippen LogP contribution in [0.5, 0.6) is 5.75 Å². The van der Waals surface area contributed by atoms with Gasteiger partial charge in [-0.15, -0.1) is 0 Å². The molecule has 3 rings (SSSR count). The van der Waals surface area contributed by atoms with Crippen LogP contribution in [0.1, 0.15) is 5.56 Å². The number of hydrogen-bond donors (Lipinski definition) is 0. The highest BCUT2D eigenvalue weighted by Gasteiger charge is 2.10. The van der Waals surface area contributed by atoms with E-state index >= 15 is 0 Å². The first-order valence-corrected chi connectivity index (χ1v) is 9.45. The smallest absolute Gasteiger partial charge is 0.118 e. The van der Waals surface area contributed by atoms with E-state index in [0.29, 0.717) is 0 Å². The van der Waals surface area contributed by atoms with Crippen LogP contribution in [0, 0.1) is 14.1 Å². The van der Waals surface area contributed by atoms with Crippen LogP contribution in [-0.4, -0.2) is 7.11 Å². The SMILES string of the molecule is COc1ccc(-c2cc(-c3ccc(C)cc3)cc(I)c2I)cc1. The van der Waals surface area contributed by atoms with Crippen molar-refractivity contribution in [1.82, 2.24) is 0 Å². The molecule has 0 atom stereocenters. The highest BCUT2D eigenvalue weighted by atomic mass is 127. The maximum absolute atomic E-state index is 5.26. The fraction of sp³-hybridized carbons (Fsp3) is 0.100. The predicted molar refractivity (Wildman–Crippen MR) is 114 cm³/mol. The van der Waals surface area contributed by atoms with E-state index in [1.807, 2.05) is 12.1 Å². The van der Waals surface area contributed by atoms with Gasteiger partial charge >= 0.3 is 0 Å². The highest BCUT2D eigenvalue weighted by molar-refractivity contribution is 14.1. The number of halogens is 2. The lowest BCUT2D eigenvalue weighted by atomic mass is 9.98. The largest absolute Gasteiger partial charge is 0.497 e. The molecule has 23 heavy (non-hydrogen) atoms. The van der Waals surface area contributed by atoms with Gasteiger partial charge < -0.3 is 4.74 Å². The van der Waals surface area contributed by atoms with Gasteiger partial charge in [-0.05, 0) is 98.6 Å². The number of aryl methyl sites for hydroxylation is 1. The van der Waals surface area contributed by atoms with Crippen LogP contribution in [-0.2, 0) is 0 Å². The second-order valence-electron chi connectivity index (χ2n) is 5.41. The summed E-state index contributed by atoms with van der Waals surface area (Å²) in [6.07, 6.45) is 0. The summed E-state index contributed by atoms with van der Waals surface area (Å²) >= 11 is 4.85. The van der Waals surface area contributed by atoms with Gasteiger partial charge in [0.25, 0.3) is 0 Å². The number of ether oxygens (including phenoxy) is 1. The zero-order valence-electron chi connectivity index (χ0n) is 12.9. The second kappa shape index (κ2) is 7.21. The molecular weight excluding hydrogens is 510 g/mol. The third kappa shape index (κ3) is 3.71. The lowest BCUT2D eigenvalue weighted by Gasteiger charge is -2.12. The monoisotopic (exact) mass is 526 g/mol. The van der Waals surface area contributed by atoms with Crippen LogP contribution in [0.2, 0.25) is 0 Å². The normalized spacial score (nSPS) is 10.6. The molecule has 0 aliphatic carbocycles. The highest BCUT2D eigenvalue weighted by Crippen LogP contribution is 2.34. The summed E-state index contributed by atoms with van der Waals surface area (Å²) in [5.74, 6) is 0.883. The minimum atomic E-state index is 0.883. The van der Waals surface area contributed by atoms with E-state index in [-0.39, 0.29) is 0 Å². The molecule has 0 heterocycles. The summed E-state index contributed by atoms with van der Waals surface area (Å²) < 4.78 is 7.81. The molecule has 1 nitrogen and oxygen atoms in total. The molecular formula is C20H16I2O. The lowest BCUT2D eigenvalue weighted by molar-refractivity contribution is 0.415. The molecule has 3 aromatic rings. The number of methoxy groups -OCH3 is 1. The van der Waals surface area contributed by atoms with Gasteiger partial charge in [0.1, 0.15) is 5.75 Å². The minimum absolute atomic E-state index is 0.883. The van der Waals surface area contributed by atoms with Gasteiger partial charge in [-0.1, -0.05) is 42.0 Å². The van der Waals surface area contributed by atoms with Crippen molar-refractivity contribution in [2.24, 2.45) is 0 Å². The first-order chi connectivity index (χ1) is 11.1. The Morgan fingerprint density at radius 1 is 0.739 bits per heavy atom. The Morgan fingerprint density at radius 3 is 1.96 bits per heavy atom. The maximum Gasteiger partial charge on any atom is 0.118 e. The van der Waals surface area contributed by atoms with Crippen molar-refractivity contribution in [3.05, 3.63) is 73.4 Å². The number of benzene rings is 3. The lowest BCUT2D eigenvalue weighted by Crippen LogP contribution is -1.91. The molecule has 0 aliphatic heterocycles. The second-order valence-corrected chi connectivity index (χ2v) is 7.66. The molecule has 0 bridgehead atoms. The van der Waals surface area contributed by atoms with Crippen LogP contribution in [0.4, 0.5) is 0 Å². The van der Waals surface area contributed by atoms with Gasteiger partial charge in [-0.3, -0.25) is 0 Å². The average molecular weight is 526 g/mol. The van der Waals surface area contributed by atoms with Crippen molar-refractivity contribution in [3.63, 3.8) is 0 Å². The van der Waals surface area contributed by atoms with E-state index in [4.69, 9.17) is 4.74 Å². The fourth-order valence-electron chi connectivity index (χ4n) is 2.48. The van der Waals surface area contributed by atoms with Crippen molar-refractivity contribution >= 4 is 45.2 Å². The molecule has 0 aliphatic rings. The molecule has 116 valence electrons. The molecule has 0 fully saturated rings. The first kappa shape index (κ1) is 16.8. The zero-order valence-corrected chi connectivity index (χ0v) is 17.3. The molecule has 3 heteroatoms. The molecule has 0 unspecified atom stereocenters. The van der Waals surface area contributed by atoms with Crippen LogP contribution in [0.25, 0.3) is 22.3 Å². The number of hydrogen-bond acceptors (Lipinski definition) is 1. The fourth-order valence-corrected chi connectivity index (χ4v) is 3.73. The molecule has 3 aromatic carbocycles. The quantitative estimate of drug-likeness (QED) is 0.352. The summed E-state index contributed by atoms with van der Waals surface area (Å²) in [6.45, 7) is 2.12. The van der Waals surface area contributed by atoms with Gasteiger partial charge in [0.05, 0.1) is 7.11 Å². The Bertz CT molecular complexity index is 822. The summed E-state index contributed by atoms with van der Waals surface area (Å²) in [5.41, 5.74) is 6.25. The molecule has 0 spiro atoms. The van der Waals surface area contributed by atoms with Gasteiger partial charge in [-0.2, -0.15) is 0 Å². The first-order valence-electron chi connectivity index (χ1n) is 7.29. The summed E-state index contributed by atoms with van der Waals surface area (Å²) in [6, 6.07) is 21.5. The molecule has 0 radical (unpaired) electrons.